The number of nitrogens with one attached hydrogen (secondary N) is 2. The lowest BCUT2D eigenvalue weighted by Crippen LogP contribution is -2.42. The van der Waals surface area contributed by atoms with Gasteiger partial charge in [0, 0.05) is 32.6 Å². The van der Waals surface area contributed by atoms with E-state index in [1.54, 1.807) is 6.07 Å². The van der Waals surface area contributed by atoms with Crippen molar-refractivity contribution in [1.82, 2.24) is 4.98 Å². The smallest absolute Gasteiger partial charge is 0.142 e. The van der Waals surface area contributed by atoms with Gasteiger partial charge < -0.3 is 20.6 Å². The normalized spacial score (nSPS) is 18.7. The molecule has 1 aliphatic rings. The second-order valence-electron chi connectivity index (χ2n) is 4.24. The first-order chi connectivity index (χ1) is 8.22. The van der Waals surface area contributed by atoms with Gasteiger partial charge in [-0.25, -0.2) is 10.8 Å². The molecule has 2 rings (SSSR count). The third-order valence-corrected chi connectivity index (χ3v) is 2.92. The van der Waals surface area contributed by atoms with Crippen LogP contribution in [-0.4, -0.2) is 35.5 Å². The molecule has 1 aromatic rings. The summed E-state index contributed by atoms with van der Waals surface area (Å²) in [5.41, 5.74) is 1.78. The van der Waals surface area contributed by atoms with Crippen molar-refractivity contribution in [2.75, 3.05) is 30.5 Å². The standard InChI is InChI=1S/C11H18N4O2/c12-15-10-3-1-2-9(14-10)13-8-11(16)4-6-17-7-5-11/h1-3,16H,4-8,12H2,(H2,13,14,15). The predicted octanol–water partition coefficient (Wildman–Crippen LogP) is 0.321. The van der Waals surface area contributed by atoms with Gasteiger partial charge in [-0.05, 0) is 12.1 Å². The average molecular weight is 238 g/mol. The lowest BCUT2D eigenvalue weighted by molar-refractivity contribution is -0.0543. The average Bonchev–Trinajstić information content (AvgIpc) is 2.38. The Kier molecular flexibility index (Phi) is 3.78. The fourth-order valence-electron chi connectivity index (χ4n) is 1.80. The van der Waals surface area contributed by atoms with Crippen LogP contribution in [0.15, 0.2) is 18.2 Å². The summed E-state index contributed by atoms with van der Waals surface area (Å²) in [7, 11) is 0. The molecule has 2 heterocycles. The van der Waals surface area contributed by atoms with Crippen LogP contribution in [0.1, 0.15) is 12.8 Å². The molecule has 0 bridgehead atoms. The maximum Gasteiger partial charge on any atom is 0.142 e. The van der Waals surface area contributed by atoms with E-state index in [0.717, 1.165) is 0 Å². The Morgan fingerprint density at radius 2 is 2.06 bits per heavy atom. The number of nitrogens with zero attached hydrogens (tertiary/aromatic N) is 1. The molecule has 0 saturated carbocycles. The van der Waals surface area contributed by atoms with Gasteiger partial charge in [0.2, 0.25) is 0 Å². The number of pyridine rings is 1. The lowest BCUT2D eigenvalue weighted by Gasteiger charge is -2.32. The monoisotopic (exact) mass is 238 g/mol. The summed E-state index contributed by atoms with van der Waals surface area (Å²) in [6.07, 6.45) is 1.30. The second-order valence-corrected chi connectivity index (χ2v) is 4.24. The van der Waals surface area contributed by atoms with Crippen molar-refractivity contribution in [3.05, 3.63) is 18.2 Å². The third kappa shape index (κ3) is 3.29. The lowest BCUT2D eigenvalue weighted by atomic mass is 9.94. The number of rotatable bonds is 4. The van der Waals surface area contributed by atoms with Crippen LogP contribution in [0.25, 0.3) is 0 Å². The molecule has 6 heteroatoms. The number of ether oxygens (including phenoxy) is 1. The quantitative estimate of drug-likeness (QED) is 0.446. The first kappa shape index (κ1) is 12.1. The van der Waals surface area contributed by atoms with E-state index in [1.165, 1.54) is 0 Å². The Morgan fingerprint density at radius 3 is 2.76 bits per heavy atom. The van der Waals surface area contributed by atoms with E-state index in [4.69, 9.17) is 10.6 Å². The molecule has 1 fully saturated rings. The van der Waals surface area contributed by atoms with E-state index < -0.39 is 5.60 Å². The summed E-state index contributed by atoms with van der Waals surface area (Å²) in [6, 6.07) is 5.45. The Labute approximate surface area is 100 Å². The summed E-state index contributed by atoms with van der Waals surface area (Å²) in [5.74, 6) is 6.56. The van der Waals surface area contributed by atoms with Gasteiger partial charge in [-0.1, -0.05) is 6.07 Å². The highest BCUT2D eigenvalue weighted by atomic mass is 16.5. The molecule has 0 atom stereocenters. The molecule has 1 aromatic heterocycles. The van der Waals surface area contributed by atoms with E-state index in [2.05, 4.69) is 15.7 Å². The molecule has 6 nitrogen and oxygen atoms in total. The van der Waals surface area contributed by atoms with Gasteiger partial charge in [-0.3, -0.25) is 0 Å². The van der Waals surface area contributed by atoms with Crippen LogP contribution in [0.4, 0.5) is 11.6 Å². The molecule has 0 radical (unpaired) electrons. The highest BCUT2D eigenvalue weighted by Gasteiger charge is 2.29. The van der Waals surface area contributed by atoms with Crippen LogP contribution in [-0.2, 0) is 4.74 Å². The zero-order chi connectivity index (χ0) is 12.1. The van der Waals surface area contributed by atoms with Gasteiger partial charge in [0.05, 0.1) is 5.60 Å². The van der Waals surface area contributed by atoms with Crippen LogP contribution in [0.2, 0.25) is 0 Å². The van der Waals surface area contributed by atoms with Crippen molar-refractivity contribution in [2.45, 2.75) is 18.4 Å². The number of nitrogens with two attached hydrogens (primary N) is 1. The molecule has 17 heavy (non-hydrogen) atoms. The Bertz CT molecular complexity index is 366. The minimum Gasteiger partial charge on any atom is -0.388 e. The first-order valence-corrected chi connectivity index (χ1v) is 5.70. The molecule has 94 valence electrons. The van der Waals surface area contributed by atoms with Gasteiger partial charge in [0.1, 0.15) is 11.6 Å². The summed E-state index contributed by atoms with van der Waals surface area (Å²) >= 11 is 0. The molecule has 0 aromatic carbocycles. The van der Waals surface area contributed by atoms with E-state index in [-0.39, 0.29) is 0 Å². The van der Waals surface area contributed by atoms with Crippen LogP contribution >= 0.6 is 0 Å². The maximum atomic E-state index is 10.2. The largest absolute Gasteiger partial charge is 0.388 e. The number of hydrazine groups is 1. The minimum atomic E-state index is -0.702. The molecular weight excluding hydrogens is 220 g/mol. The fraction of sp³-hybridized carbons (Fsp3) is 0.545. The van der Waals surface area contributed by atoms with Gasteiger partial charge in [0.15, 0.2) is 0 Å². The predicted molar refractivity (Wildman–Crippen MR) is 65.5 cm³/mol. The molecule has 1 aliphatic heterocycles. The minimum absolute atomic E-state index is 0.470. The van der Waals surface area contributed by atoms with E-state index in [9.17, 15) is 5.11 Å². The second kappa shape index (κ2) is 5.31. The van der Waals surface area contributed by atoms with Gasteiger partial charge >= 0.3 is 0 Å². The summed E-state index contributed by atoms with van der Waals surface area (Å²) in [6.45, 7) is 1.68. The van der Waals surface area contributed by atoms with Crippen molar-refractivity contribution in [3.8, 4) is 0 Å². The van der Waals surface area contributed by atoms with E-state index in [1.807, 2.05) is 12.1 Å². The van der Waals surface area contributed by atoms with Crippen molar-refractivity contribution < 1.29 is 9.84 Å². The molecular formula is C11H18N4O2. The zero-order valence-corrected chi connectivity index (χ0v) is 9.65. The summed E-state index contributed by atoms with van der Waals surface area (Å²) in [4.78, 5) is 4.22. The number of hydrogen-bond donors (Lipinski definition) is 4. The Morgan fingerprint density at radius 1 is 1.35 bits per heavy atom. The summed E-state index contributed by atoms with van der Waals surface area (Å²) < 4.78 is 5.22. The van der Waals surface area contributed by atoms with E-state index >= 15 is 0 Å². The molecule has 1 saturated heterocycles. The SMILES string of the molecule is NNc1cccc(NCC2(O)CCOCC2)n1. The van der Waals surface area contributed by atoms with Crippen LogP contribution in [0.5, 0.6) is 0 Å². The topological polar surface area (TPSA) is 92.4 Å². The fourth-order valence-corrected chi connectivity index (χ4v) is 1.80. The van der Waals surface area contributed by atoms with Gasteiger partial charge in [-0.15, -0.1) is 0 Å². The summed E-state index contributed by atoms with van der Waals surface area (Å²) in [5, 5.41) is 13.4. The Balaban J connectivity index is 1.92. The number of hydrogen-bond acceptors (Lipinski definition) is 6. The van der Waals surface area contributed by atoms with Crippen molar-refractivity contribution in [3.63, 3.8) is 0 Å². The zero-order valence-electron chi connectivity index (χ0n) is 9.65. The van der Waals surface area contributed by atoms with Gasteiger partial charge in [0.25, 0.3) is 0 Å². The number of anilines is 2. The maximum absolute atomic E-state index is 10.2. The van der Waals surface area contributed by atoms with Crippen molar-refractivity contribution in [2.24, 2.45) is 5.84 Å². The number of aromatic nitrogens is 1. The third-order valence-electron chi connectivity index (χ3n) is 2.92. The number of aliphatic hydroxyl groups is 1. The van der Waals surface area contributed by atoms with Crippen LogP contribution in [0.3, 0.4) is 0 Å². The van der Waals surface area contributed by atoms with E-state index in [0.29, 0.717) is 44.2 Å². The highest BCUT2D eigenvalue weighted by molar-refractivity contribution is 5.44. The molecule has 5 N–H and O–H groups in total. The number of nitrogen functional groups attached to an aromatic ring is 1. The molecule has 0 unspecified atom stereocenters. The molecule has 0 amide bonds. The van der Waals surface area contributed by atoms with Crippen molar-refractivity contribution >= 4 is 11.6 Å². The first-order valence-electron chi connectivity index (χ1n) is 5.70. The van der Waals surface area contributed by atoms with Crippen LogP contribution in [0, 0.1) is 0 Å². The van der Waals surface area contributed by atoms with Gasteiger partial charge in [-0.2, -0.15) is 0 Å². The van der Waals surface area contributed by atoms with Crippen molar-refractivity contribution in [1.29, 1.82) is 0 Å². The molecule has 0 spiro atoms. The Hall–Kier alpha value is -1.37. The van der Waals surface area contributed by atoms with Crippen LogP contribution < -0.4 is 16.6 Å². The highest BCUT2D eigenvalue weighted by Crippen LogP contribution is 2.21. The molecule has 0 aliphatic carbocycles.